The summed E-state index contributed by atoms with van der Waals surface area (Å²) in [6.07, 6.45) is 1.59. The van der Waals surface area contributed by atoms with E-state index in [2.05, 4.69) is 10.2 Å². The number of aryl methyl sites for hydroxylation is 1. The van der Waals surface area contributed by atoms with Gasteiger partial charge in [-0.1, -0.05) is 0 Å². The summed E-state index contributed by atoms with van der Waals surface area (Å²) in [6, 6.07) is 9.84. The molecule has 3 aromatic rings. The standard InChI is InChI=1S/C18H15N3O4/c1-10-7-11(3-4-14(10)21-23)25-16-5-6-20-15-9-17(24-2)13(18(19)22)8-12(15)16/h3-9H,1-2H3,(H2,19,22). The van der Waals surface area contributed by atoms with Crippen LogP contribution in [0, 0.1) is 11.8 Å². The first-order valence-corrected chi connectivity index (χ1v) is 7.42. The van der Waals surface area contributed by atoms with Crippen LogP contribution in [0.5, 0.6) is 17.2 Å². The molecule has 0 saturated carbocycles. The Bertz CT molecular complexity index is 985. The quantitative estimate of drug-likeness (QED) is 0.712. The number of nitroso groups, excluding NO2 is 1. The minimum Gasteiger partial charge on any atom is -0.496 e. The van der Waals surface area contributed by atoms with Crippen LogP contribution < -0.4 is 15.2 Å². The van der Waals surface area contributed by atoms with Crippen molar-refractivity contribution in [2.24, 2.45) is 10.9 Å². The van der Waals surface area contributed by atoms with E-state index in [9.17, 15) is 9.70 Å². The second-order valence-electron chi connectivity index (χ2n) is 5.38. The Morgan fingerprint density at radius 3 is 2.60 bits per heavy atom. The normalized spacial score (nSPS) is 10.5. The monoisotopic (exact) mass is 337 g/mol. The molecule has 0 aliphatic carbocycles. The van der Waals surface area contributed by atoms with Gasteiger partial charge in [-0.3, -0.25) is 9.78 Å². The topological polar surface area (TPSA) is 104 Å². The first kappa shape index (κ1) is 16.4. The number of nitrogens with two attached hydrogens (primary N) is 1. The Hall–Kier alpha value is -3.48. The van der Waals surface area contributed by atoms with E-state index in [0.717, 1.165) is 0 Å². The molecule has 1 aromatic heterocycles. The Morgan fingerprint density at radius 2 is 1.96 bits per heavy atom. The summed E-state index contributed by atoms with van der Waals surface area (Å²) in [5, 5.41) is 3.56. The molecule has 0 aliphatic heterocycles. The number of rotatable bonds is 5. The van der Waals surface area contributed by atoms with Gasteiger partial charge in [0.1, 0.15) is 22.9 Å². The molecule has 0 atom stereocenters. The smallest absolute Gasteiger partial charge is 0.252 e. The Balaban J connectivity index is 2.10. The minimum absolute atomic E-state index is 0.240. The van der Waals surface area contributed by atoms with Crippen molar-refractivity contribution >= 4 is 22.5 Å². The van der Waals surface area contributed by atoms with Crippen molar-refractivity contribution in [3.8, 4) is 17.2 Å². The summed E-state index contributed by atoms with van der Waals surface area (Å²) in [5.74, 6) is 0.780. The van der Waals surface area contributed by atoms with Gasteiger partial charge >= 0.3 is 0 Å². The number of hydrogen-bond acceptors (Lipinski definition) is 6. The third-order valence-electron chi connectivity index (χ3n) is 3.78. The molecule has 1 heterocycles. The summed E-state index contributed by atoms with van der Waals surface area (Å²) < 4.78 is 11.1. The average Bonchev–Trinajstić information content (AvgIpc) is 2.61. The number of carbonyl (C=O) groups is 1. The van der Waals surface area contributed by atoms with E-state index in [1.54, 1.807) is 49.5 Å². The van der Waals surface area contributed by atoms with Gasteiger partial charge in [-0.2, -0.15) is 0 Å². The maximum absolute atomic E-state index is 11.7. The van der Waals surface area contributed by atoms with Gasteiger partial charge in [-0.25, -0.2) is 0 Å². The lowest BCUT2D eigenvalue weighted by Crippen LogP contribution is -2.12. The molecule has 0 saturated heterocycles. The molecule has 7 heteroatoms. The number of nitrogens with zero attached hydrogens (tertiary/aromatic N) is 2. The van der Waals surface area contributed by atoms with Crippen LogP contribution in [0.2, 0.25) is 0 Å². The van der Waals surface area contributed by atoms with Gasteiger partial charge in [-0.15, -0.1) is 4.91 Å². The fourth-order valence-corrected chi connectivity index (χ4v) is 2.52. The number of benzene rings is 2. The van der Waals surface area contributed by atoms with Crippen molar-refractivity contribution in [2.75, 3.05) is 7.11 Å². The fourth-order valence-electron chi connectivity index (χ4n) is 2.52. The lowest BCUT2D eigenvalue weighted by Gasteiger charge is -2.12. The summed E-state index contributed by atoms with van der Waals surface area (Å²) in [7, 11) is 1.46. The zero-order valence-electron chi connectivity index (χ0n) is 13.6. The van der Waals surface area contributed by atoms with Crippen molar-refractivity contribution in [2.45, 2.75) is 6.92 Å². The Morgan fingerprint density at radius 1 is 1.16 bits per heavy atom. The molecule has 3 rings (SSSR count). The van der Waals surface area contributed by atoms with E-state index >= 15 is 0 Å². The minimum atomic E-state index is -0.606. The number of methoxy groups -OCH3 is 1. The molecular formula is C18H15N3O4. The number of hydrogen-bond donors (Lipinski definition) is 1. The number of aromatic nitrogens is 1. The first-order valence-electron chi connectivity index (χ1n) is 7.42. The molecule has 0 spiro atoms. The summed E-state index contributed by atoms with van der Waals surface area (Å²) in [4.78, 5) is 26.6. The second kappa shape index (κ2) is 6.56. The first-order chi connectivity index (χ1) is 12.0. The number of primary amides is 1. The lowest BCUT2D eigenvalue weighted by atomic mass is 10.1. The summed E-state index contributed by atoms with van der Waals surface area (Å²) >= 11 is 0. The highest BCUT2D eigenvalue weighted by molar-refractivity contribution is 6.01. The number of ether oxygens (including phenoxy) is 2. The maximum atomic E-state index is 11.7. The molecule has 0 bridgehead atoms. The van der Waals surface area contributed by atoms with Gasteiger partial charge in [-0.05, 0) is 48.0 Å². The summed E-state index contributed by atoms with van der Waals surface area (Å²) in [5.41, 5.74) is 7.31. The highest BCUT2D eigenvalue weighted by Gasteiger charge is 2.14. The fraction of sp³-hybridized carbons (Fsp3) is 0.111. The zero-order chi connectivity index (χ0) is 18.0. The van der Waals surface area contributed by atoms with Crippen LogP contribution in [0.3, 0.4) is 0 Å². The SMILES string of the molecule is COc1cc2nccc(Oc3ccc(N=O)c(C)c3)c2cc1C(N)=O. The van der Waals surface area contributed by atoms with Crippen LogP contribution in [0.15, 0.2) is 47.8 Å². The van der Waals surface area contributed by atoms with Gasteiger partial charge in [0.15, 0.2) is 0 Å². The van der Waals surface area contributed by atoms with Gasteiger partial charge in [0.05, 0.1) is 18.2 Å². The van der Waals surface area contributed by atoms with Crippen LogP contribution in [-0.2, 0) is 0 Å². The van der Waals surface area contributed by atoms with Crippen LogP contribution in [0.25, 0.3) is 10.9 Å². The molecule has 0 aliphatic rings. The van der Waals surface area contributed by atoms with Crippen LogP contribution in [0.4, 0.5) is 5.69 Å². The van der Waals surface area contributed by atoms with Crippen LogP contribution >= 0.6 is 0 Å². The third-order valence-corrected chi connectivity index (χ3v) is 3.78. The average molecular weight is 337 g/mol. The Labute approximate surface area is 143 Å². The molecule has 0 radical (unpaired) electrons. The van der Waals surface area contributed by atoms with E-state index in [0.29, 0.717) is 39.4 Å². The van der Waals surface area contributed by atoms with Crippen molar-refractivity contribution < 1.29 is 14.3 Å². The van der Waals surface area contributed by atoms with Gasteiger partial charge < -0.3 is 15.2 Å². The molecule has 1 amide bonds. The molecule has 7 nitrogen and oxygen atoms in total. The van der Waals surface area contributed by atoms with Crippen molar-refractivity contribution in [3.63, 3.8) is 0 Å². The van der Waals surface area contributed by atoms with E-state index in [1.165, 1.54) is 7.11 Å². The van der Waals surface area contributed by atoms with Gasteiger partial charge in [0, 0.05) is 17.6 Å². The van der Waals surface area contributed by atoms with Gasteiger partial charge in [0.2, 0.25) is 0 Å². The number of fused-ring (bicyclic) bond motifs is 1. The van der Waals surface area contributed by atoms with E-state index in [1.807, 2.05) is 0 Å². The highest BCUT2D eigenvalue weighted by Crippen LogP contribution is 2.34. The molecule has 2 N–H and O–H groups in total. The highest BCUT2D eigenvalue weighted by atomic mass is 16.5. The molecule has 25 heavy (non-hydrogen) atoms. The van der Waals surface area contributed by atoms with Crippen LogP contribution in [0.1, 0.15) is 15.9 Å². The lowest BCUT2D eigenvalue weighted by molar-refractivity contribution is 0.0997. The third kappa shape index (κ3) is 3.12. The number of carbonyl (C=O) groups excluding carboxylic acids is 1. The molecular weight excluding hydrogens is 322 g/mol. The molecule has 0 unspecified atom stereocenters. The van der Waals surface area contributed by atoms with Crippen molar-refractivity contribution in [3.05, 3.63) is 58.6 Å². The summed E-state index contributed by atoms with van der Waals surface area (Å²) in [6.45, 7) is 1.77. The van der Waals surface area contributed by atoms with E-state index in [-0.39, 0.29) is 5.56 Å². The Kier molecular flexibility index (Phi) is 4.30. The second-order valence-corrected chi connectivity index (χ2v) is 5.38. The number of amides is 1. The molecule has 0 fully saturated rings. The largest absolute Gasteiger partial charge is 0.496 e. The zero-order valence-corrected chi connectivity index (χ0v) is 13.6. The van der Waals surface area contributed by atoms with Crippen LogP contribution in [-0.4, -0.2) is 18.0 Å². The van der Waals surface area contributed by atoms with Gasteiger partial charge in [0.25, 0.3) is 5.91 Å². The van der Waals surface area contributed by atoms with E-state index < -0.39 is 5.91 Å². The molecule has 126 valence electrons. The van der Waals surface area contributed by atoms with Crippen molar-refractivity contribution in [1.82, 2.24) is 4.98 Å². The maximum Gasteiger partial charge on any atom is 0.252 e. The van der Waals surface area contributed by atoms with Crippen molar-refractivity contribution in [1.29, 1.82) is 0 Å². The molecule has 2 aromatic carbocycles. The predicted molar refractivity (Wildman–Crippen MR) is 93.5 cm³/mol. The van der Waals surface area contributed by atoms with E-state index in [4.69, 9.17) is 15.2 Å². The predicted octanol–water partition coefficient (Wildman–Crippen LogP) is 3.84. The number of pyridine rings is 1.